The number of hydrogen-bond donors (Lipinski definition) is 1. The summed E-state index contributed by atoms with van der Waals surface area (Å²) < 4.78 is 11.0. The molecule has 7 heteroatoms. The van der Waals surface area contributed by atoms with Crippen molar-refractivity contribution < 1.29 is 14.3 Å². The highest BCUT2D eigenvalue weighted by atomic mass is 16.5. The smallest absolute Gasteiger partial charge is 0.317 e. The number of urea groups is 1. The number of aromatic nitrogens is 2. The highest BCUT2D eigenvalue weighted by Crippen LogP contribution is 2.20. The molecule has 1 unspecified atom stereocenters. The number of nitrogens with zero attached hydrogens (tertiary/aromatic N) is 3. The molecule has 1 aliphatic heterocycles. The normalized spacial score (nSPS) is 22.1. The van der Waals surface area contributed by atoms with Crippen molar-refractivity contribution in [2.24, 2.45) is 0 Å². The summed E-state index contributed by atoms with van der Waals surface area (Å²) in [6, 6.07) is 0.359. The first-order chi connectivity index (χ1) is 12.2. The number of piperidine rings is 1. The van der Waals surface area contributed by atoms with Gasteiger partial charge in [0.05, 0.1) is 26.0 Å². The Balaban J connectivity index is 1.52. The molecule has 25 heavy (non-hydrogen) atoms. The van der Waals surface area contributed by atoms with E-state index in [0.717, 1.165) is 32.2 Å². The predicted molar refractivity (Wildman–Crippen MR) is 93.8 cm³/mol. The second-order valence-electron chi connectivity index (χ2n) is 6.87. The zero-order valence-electron chi connectivity index (χ0n) is 14.9. The monoisotopic (exact) mass is 348 g/mol. The molecule has 1 atom stereocenters. The molecule has 2 amide bonds. The number of nitrogens with one attached hydrogen (secondary N) is 1. The van der Waals surface area contributed by atoms with Crippen molar-refractivity contribution >= 4 is 6.03 Å². The van der Waals surface area contributed by atoms with Gasteiger partial charge in [0.25, 0.3) is 0 Å². The third-order valence-corrected chi connectivity index (χ3v) is 4.94. The van der Waals surface area contributed by atoms with Crippen LogP contribution in [0.5, 0.6) is 11.8 Å². The van der Waals surface area contributed by atoms with Crippen LogP contribution < -0.4 is 14.8 Å². The minimum atomic E-state index is -0.0601. The van der Waals surface area contributed by atoms with Gasteiger partial charge in [-0.1, -0.05) is 25.7 Å². The number of rotatable bonds is 4. The quantitative estimate of drug-likeness (QED) is 0.847. The molecule has 2 fully saturated rings. The summed E-state index contributed by atoms with van der Waals surface area (Å²) in [4.78, 5) is 22.7. The largest absolute Gasteiger partial charge is 0.480 e. The molecule has 7 nitrogen and oxygen atoms in total. The lowest BCUT2D eigenvalue weighted by Gasteiger charge is -2.33. The topological polar surface area (TPSA) is 76.6 Å². The van der Waals surface area contributed by atoms with Crippen molar-refractivity contribution in [3.05, 3.63) is 12.4 Å². The predicted octanol–water partition coefficient (Wildman–Crippen LogP) is 2.76. The van der Waals surface area contributed by atoms with Gasteiger partial charge in [-0.3, -0.25) is 4.98 Å². The average molecular weight is 348 g/mol. The van der Waals surface area contributed by atoms with E-state index in [9.17, 15) is 4.79 Å². The van der Waals surface area contributed by atoms with Crippen LogP contribution in [-0.4, -0.2) is 53.2 Å². The van der Waals surface area contributed by atoms with Gasteiger partial charge in [0.2, 0.25) is 11.8 Å². The van der Waals surface area contributed by atoms with E-state index in [1.54, 1.807) is 19.5 Å². The van der Waals surface area contributed by atoms with E-state index in [-0.39, 0.29) is 12.1 Å². The molecule has 0 spiro atoms. The van der Waals surface area contributed by atoms with Crippen LogP contribution in [-0.2, 0) is 0 Å². The number of amides is 2. The van der Waals surface area contributed by atoms with Gasteiger partial charge in [0.1, 0.15) is 6.10 Å². The maximum atomic E-state index is 12.6. The summed E-state index contributed by atoms with van der Waals surface area (Å²) >= 11 is 0. The lowest BCUT2D eigenvalue weighted by molar-refractivity contribution is 0.0955. The van der Waals surface area contributed by atoms with Crippen LogP contribution in [0.25, 0.3) is 0 Å². The Morgan fingerprint density at radius 2 is 1.88 bits per heavy atom. The van der Waals surface area contributed by atoms with Crippen LogP contribution in [0.15, 0.2) is 12.4 Å². The van der Waals surface area contributed by atoms with Gasteiger partial charge in [-0.2, -0.15) is 4.98 Å². The van der Waals surface area contributed by atoms with Crippen molar-refractivity contribution in [1.82, 2.24) is 20.2 Å². The molecule has 1 saturated heterocycles. The molecular formula is C18H28N4O3. The number of carbonyl (C=O) groups is 1. The van der Waals surface area contributed by atoms with E-state index in [2.05, 4.69) is 15.3 Å². The number of likely N-dealkylation sites (tertiary alicyclic amines) is 1. The van der Waals surface area contributed by atoms with Crippen LogP contribution in [0.2, 0.25) is 0 Å². The van der Waals surface area contributed by atoms with Gasteiger partial charge in [-0.05, 0) is 25.7 Å². The molecule has 1 aromatic heterocycles. The zero-order valence-corrected chi connectivity index (χ0v) is 14.9. The third-order valence-electron chi connectivity index (χ3n) is 4.94. The van der Waals surface area contributed by atoms with Crippen molar-refractivity contribution in [3.63, 3.8) is 0 Å². The number of hydrogen-bond acceptors (Lipinski definition) is 5. The molecular weight excluding hydrogens is 320 g/mol. The van der Waals surface area contributed by atoms with Crippen LogP contribution in [0.3, 0.4) is 0 Å². The lowest BCUT2D eigenvalue weighted by Crippen LogP contribution is -2.50. The van der Waals surface area contributed by atoms with E-state index in [4.69, 9.17) is 9.47 Å². The summed E-state index contributed by atoms with van der Waals surface area (Å²) in [7, 11) is 1.55. The average Bonchev–Trinajstić information content (AvgIpc) is 2.91. The fourth-order valence-corrected chi connectivity index (χ4v) is 3.57. The second kappa shape index (κ2) is 8.87. The molecule has 1 N–H and O–H groups in total. The summed E-state index contributed by atoms with van der Waals surface area (Å²) in [6.45, 7) is 1.36. The SMILES string of the molecule is COc1cncc(OC2CCCN(C(=O)NC3CCCCCC3)C2)n1. The molecule has 1 aromatic rings. The molecule has 2 heterocycles. The van der Waals surface area contributed by atoms with Gasteiger partial charge in [-0.25, -0.2) is 4.79 Å². The molecule has 1 aliphatic carbocycles. The van der Waals surface area contributed by atoms with Gasteiger partial charge < -0.3 is 19.7 Å². The first-order valence-electron chi connectivity index (χ1n) is 9.33. The maximum absolute atomic E-state index is 12.6. The molecule has 138 valence electrons. The minimum Gasteiger partial charge on any atom is -0.480 e. The van der Waals surface area contributed by atoms with Crippen LogP contribution >= 0.6 is 0 Å². The third kappa shape index (κ3) is 5.21. The van der Waals surface area contributed by atoms with E-state index < -0.39 is 0 Å². The Morgan fingerprint density at radius 3 is 2.64 bits per heavy atom. The van der Waals surface area contributed by atoms with E-state index in [1.807, 2.05) is 4.90 Å². The molecule has 0 bridgehead atoms. The molecule has 3 rings (SSSR count). The Morgan fingerprint density at radius 1 is 1.12 bits per heavy atom. The second-order valence-corrected chi connectivity index (χ2v) is 6.87. The number of ether oxygens (including phenoxy) is 2. The first kappa shape index (κ1) is 17.8. The Labute approximate surface area is 149 Å². The molecule has 0 radical (unpaired) electrons. The summed E-state index contributed by atoms with van der Waals surface area (Å²) in [6.07, 6.45) is 12.1. The van der Waals surface area contributed by atoms with Crippen LogP contribution in [0.1, 0.15) is 51.4 Å². The highest BCUT2D eigenvalue weighted by Gasteiger charge is 2.27. The Bertz CT molecular complexity index is 561. The van der Waals surface area contributed by atoms with Crippen molar-refractivity contribution in [1.29, 1.82) is 0 Å². The maximum Gasteiger partial charge on any atom is 0.317 e. The van der Waals surface area contributed by atoms with Crippen LogP contribution in [0.4, 0.5) is 4.79 Å². The highest BCUT2D eigenvalue weighted by molar-refractivity contribution is 5.74. The summed E-state index contributed by atoms with van der Waals surface area (Å²) in [5.74, 6) is 0.867. The lowest BCUT2D eigenvalue weighted by atomic mass is 10.1. The fourth-order valence-electron chi connectivity index (χ4n) is 3.57. The Hall–Kier alpha value is -2.05. The standard InChI is InChI=1S/C18H28N4O3/c1-24-16-11-19-12-17(21-16)25-15-9-6-10-22(13-15)18(23)20-14-7-4-2-3-5-8-14/h11-12,14-15H,2-10,13H2,1H3,(H,20,23). The van der Waals surface area contributed by atoms with Gasteiger partial charge in [-0.15, -0.1) is 0 Å². The Kier molecular flexibility index (Phi) is 6.30. The first-order valence-corrected chi connectivity index (χ1v) is 9.33. The van der Waals surface area contributed by atoms with Crippen molar-refractivity contribution in [2.45, 2.75) is 63.5 Å². The van der Waals surface area contributed by atoms with Gasteiger partial charge >= 0.3 is 6.03 Å². The van der Waals surface area contributed by atoms with E-state index >= 15 is 0 Å². The van der Waals surface area contributed by atoms with Gasteiger partial charge in [0.15, 0.2) is 0 Å². The van der Waals surface area contributed by atoms with Gasteiger partial charge in [0, 0.05) is 12.6 Å². The minimum absolute atomic E-state index is 0.0388. The summed E-state index contributed by atoms with van der Waals surface area (Å²) in [5.41, 5.74) is 0. The van der Waals surface area contributed by atoms with E-state index in [1.165, 1.54) is 25.7 Å². The molecule has 1 saturated carbocycles. The van der Waals surface area contributed by atoms with Crippen molar-refractivity contribution in [3.8, 4) is 11.8 Å². The number of methoxy groups -OCH3 is 1. The fraction of sp³-hybridized carbons (Fsp3) is 0.722. The number of carbonyl (C=O) groups excluding carboxylic acids is 1. The molecule has 0 aromatic carbocycles. The summed E-state index contributed by atoms with van der Waals surface area (Å²) in [5, 5.41) is 3.21. The zero-order chi connectivity index (χ0) is 17.5. The van der Waals surface area contributed by atoms with Crippen LogP contribution in [0, 0.1) is 0 Å². The van der Waals surface area contributed by atoms with E-state index in [0.29, 0.717) is 24.3 Å². The van der Waals surface area contributed by atoms with Crippen molar-refractivity contribution in [2.75, 3.05) is 20.2 Å². The molecule has 2 aliphatic rings.